The number of anilines is 1. The van der Waals surface area contributed by atoms with Crippen LogP contribution < -0.4 is 15.0 Å². The van der Waals surface area contributed by atoms with Gasteiger partial charge >= 0.3 is 0 Å². The smallest absolute Gasteiger partial charge is 0.242 e. The predicted molar refractivity (Wildman–Crippen MR) is 139 cm³/mol. The van der Waals surface area contributed by atoms with Crippen molar-refractivity contribution in [3.05, 3.63) is 59.7 Å². The lowest BCUT2D eigenvalue weighted by Gasteiger charge is -2.38. The summed E-state index contributed by atoms with van der Waals surface area (Å²) in [6.45, 7) is 5.14. The van der Waals surface area contributed by atoms with E-state index in [-0.39, 0.29) is 36.4 Å². The number of halogens is 1. The number of rotatable bonds is 4. The molecule has 0 atom stereocenters. The van der Waals surface area contributed by atoms with E-state index in [1.807, 2.05) is 29.2 Å². The molecule has 0 saturated carbocycles. The highest BCUT2D eigenvalue weighted by Gasteiger charge is 2.24. The summed E-state index contributed by atoms with van der Waals surface area (Å²) in [4.78, 5) is 23.7. The molecule has 4 rings (SSSR count). The van der Waals surface area contributed by atoms with Gasteiger partial charge in [-0.2, -0.15) is 0 Å². The summed E-state index contributed by atoms with van der Waals surface area (Å²) in [5, 5.41) is 3.28. The maximum atomic E-state index is 12.8. The Morgan fingerprint density at radius 1 is 0.969 bits per heavy atom. The van der Waals surface area contributed by atoms with Gasteiger partial charge in [-0.05, 0) is 29.7 Å². The monoisotopic (exact) mass is 549 g/mol. The van der Waals surface area contributed by atoms with Gasteiger partial charge in [0.25, 0.3) is 0 Å². The van der Waals surface area contributed by atoms with Crippen LogP contribution in [0.1, 0.15) is 11.1 Å². The van der Waals surface area contributed by atoms with E-state index < -0.39 is 0 Å². The quantitative estimate of drug-likeness (QED) is 0.361. The minimum Gasteiger partial charge on any atom is -0.495 e. The molecular formula is C24H32IN5O2. The second kappa shape index (κ2) is 11.4. The number of nitrogens with zero attached hydrogens (tertiary/aromatic N) is 4. The lowest BCUT2D eigenvalue weighted by Crippen LogP contribution is -2.54. The number of guanidine groups is 1. The van der Waals surface area contributed by atoms with Gasteiger partial charge in [-0.15, -0.1) is 24.0 Å². The summed E-state index contributed by atoms with van der Waals surface area (Å²) < 4.78 is 5.51. The second-order valence-electron chi connectivity index (χ2n) is 7.88. The average Bonchev–Trinajstić information content (AvgIpc) is 2.84. The molecule has 0 aliphatic carbocycles. The zero-order chi connectivity index (χ0) is 21.6. The number of carbonyl (C=O) groups excluding carboxylic acids is 1. The van der Waals surface area contributed by atoms with Crippen molar-refractivity contribution in [2.45, 2.75) is 13.0 Å². The molecule has 2 aliphatic rings. The molecule has 0 unspecified atom stereocenters. The molecular weight excluding hydrogens is 517 g/mol. The Labute approximate surface area is 207 Å². The number of amides is 1. The number of piperazine rings is 1. The Bertz CT molecular complexity index is 943. The Balaban J connectivity index is 0.00000289. The van der Waals surface area contributed by atoms with Gasteiger partial charge in [-0.1, -0.05) is 36.4 Å². The topological polar surface area (TPSA) is 60.4 Å². The van der Waals surface area contributed by atoms with Crippen molar-refractivity contribution in [3.63, 3.8) is 0 Å². The molecule has 8 heteroatoms. The third-order valence-electron chi connectivity index (χ3n) is 6.10. The third kappa shape index (κ3) is 5.46. The van der Waals surface area contributed by atoms with Crippen molar-refractivity contribution in [1.29, 1.82) is 0 Å². The van der Waals surface area contributed by atoms with E-state index in [1.54, 1.807) is 14.2 Å². The Kier molecular flexibility index (Phi) is 8.60. The number of ether oxygens (including phenoxy) is 1. The molecule has 32 heavy (non-hydrogen) atoms. The summed E-state index contributed by atoms with van der Waals surface area (Å²) >= 11 is 0. The van der Waals surface area contributed by atoms with Crippen LogP contribution in [0, 0.1) is 0 Å². The van der Waals surface area contributed by atoms with Crippen molar-refractivity contribution >= 4 is 41.5 Å². The van der Waals surface area contributed by atoms with Gasteiger partial charge in [0.15, 0.2) is 5.96 Å². The third-order valence-corrected chi connectivity index (χ3v) is 6.10. The fraction of sp³-hybridized carbons (Fsp3) is 0.417. The van der Waals surface area contributed by atoms with Crippen molar-refractivity contribution in [1.82, 2.24) is 15.1 Å². The number of fused-ring (bicyclic) bond motifs is 1. The highest BCUT2D eigenvalue weighted by Crippen LogP contribution is 2.28. The van der Waals surface area contributed by atoms with E-state index in [4.69, 9.17) is 4.74 Å². The number of hydrogen-bond donors (Lipinski definition) is 1. The van der Waals surface area contributed by atoms with Crippen molar-refractivity contribution in [2.75, 3.05) is 58.3 Å². The van der Waals surface area contributed by atoms with Gasteiger partial charge in [-0.25, -0.2) is 0 Å². The minimum absolute atomic E-state index is 0. The lowest BCUT2D eigenvalue weighted by molar-refractivity contribution is -0.130. The molecule has 0 spiro atoms. The molecule has 2 heterocycles. The first kappa shape index (κ1) is 24.2. The lowest BCUT2D eigenvalue weighted by atomic mass is 10.00. The van der Waals surface area contributed by atoms with Crippen LogP contribution in [0.4, 0.5) is 5.69 Å². The Morgan fingerprint density at radius 3 is 2.38 bits per heavy atom. The van der Waals surface area contributed by atoms with Gasteiger partial charge in [0.1, 0.15) is 5.75 Å². The second-order valence-corrected chi connectivity index (χ2v) is 7.88. The number of para-hydroxylation sites is 2. The Morgan fingerprint density at radius 2 is 1.66 bits per heavy atom. The zero-order valence-corrected chi connectivity index (χ0v) is 21.1. The van der Waals surface area contributed by atoms with Crippen LogP contribution in [0.15, 0.2) is 53.5 Å². The van der Waals surface area contributed by atoms with Crippen molar-refractivity contribution in [3.8, 4) is 5.75 Å². The van der Waals surface area contributed by atoms with Crippen molar-refractivity contribution < 1.29 is 9.53 Å². The summed E-state index contributed by atoms with van der Waals surface area (Å²) in [5.41, 5.74) is 3.72. The van der Waals surface area contributed by atoms with Crippen LogP contribution >= 0.6 is 24.0 Å². The van der Waals surface area contributed by atoms with Gasteiger partial charge in [-0.3, -0.25) is 9.79 Å². The molecule has 7 nitrogen and oxygen atoms in total. The molecule has 1 fully saturated rings. The van der Waals surface area contributed by atoms with E-state index in [0.717, 1.165) is 56.5 Å². The van der Waals surface area contributed by atoms with Crippen LogP contribution in [0.5, 0.6) is 5.75 Å². The highest BCUT2D eigenvalue weighted by molar-refractivity contribution is 14.0. The van der Waals surface area contributed by atoms with E-state index in [0.29, 0.717) is 6.54 Å². The van der Waals surface area contributed by atoms with Gasteiger partial charge in [0.05, 0.1) is 19.3 Å². The van der Waals surface area contributed by atoms with Gasteiger partial charge in [0, 0.05) is 46.3 Å². The SMILES string of the molecule is CN=C(NCC(=O)N1CCc2ccccc2C1)N1CCN(c2ccccc2OC)CC1.I. The first-order chi connectivity index (χ1) is 15.2. The molecule has 1 amide bonds. The maximum Gasteiger partial charge on any atom is 0.242 e. The zero-order valence-electron chi connectivity index (χ0n) is 18.8. The maximum absolute atomic E-state index is 12.8. The molecule has 2 aromatic carbocycles. The molecule has 1 N–H and O–H groups in total. The summed E-state index contributed by atoms with van der Waals surface area (Å²) in [6, 6.07) is 16.5. The number of aliphatic imine (C=N–C) groups is 1. The fourth-order valence-corrected chi connectivity index (χ4v) is 4.36. The van der Waals surface area contributed by atoms with E-state index >= 15 is 0 Å². The number of nitrogens with one attached hydrogen (secondary N) is 1. The molecule has 0 aromatic heterocycles. The first-order valence-electron chi connectivity index (χ1n) is 10.9. The number of methoxy groups -OCH3 is 1. The van der Waals surface area contributed by atoms with E-state index in [1.165, 1.54) is 11.1 Å². The molecule has 2 aliphatic heterocycles. The van der Waals surface area contributed by atoms with Crippen molar-refractivity contribution in [2.24, 2.45) is 4.99 Å². The van der Waals surface area contributed by atoms with Crippen LogP contribution in [-0.4, -0.2) is 75.1 Å². The van der Waals surface area contributed by atoms with Crippen LogP contribution in [-0.2, 0) is 17.8 Å². The summed E-state index contributed by atoms with van der Waals surface area (Å²) in [6.07, 6.45) is 0.918. The molecule has 2 aromatic rings. The minimum atomic E-state index is 0. The number of benzene rings is 2. The van der Waals surface area contributed by atoms with Gasteiger partial charge < -0.3 is 24.8 Å². The number of hydrogen-bond acceptors (Lipinski definition) is 4. The van der Waals surface area contributed by atoms with Gasteiger partial charge in [0.2, 0.25) is 5.91 Å². The van der Waals surface area contributed by atoms with Crippen LogP contribution in [0.25, 0.3) is 0 Å². The average molecular weight is 549 g/mol. The summed E-state index contributed by atoms with van der Waals surface area (Å²) in [5.74, 6) is 1.79. The Hall–Kier alpha value is -2.49. The highest BCUT2D eigenvalue weighted by atomic mass is 127. The molecule has 1 saturated heterocycles. The van der Waals surface area contributed by atoms with Crippen LogP contribution in [0.2, 0.25) is 0 Å². The largest absolute Gasteiger partial charge is 0.495 e. The summed E-state index contributed by atoms with van der Waals surface area (Å²) in [7, 11) is 3.48. The standard InChI is InChI=1S/C24H31N5O2.HI/c1-25-24(26-17-23(30)29-12-11-19-7-3-4-8-20(19)18-29)28-15-13-27(14-16-28)21-9-5-6-10-22(21)31-2;/h3-10H,11-18H2,1-2H3,(H,25,26);1H. The van der Waals surface area contributed by atoms with Crippen LogP contribution in [0.3, 0.4) is 0 Å². The molecule has 0 bridgehead atoms. The number of carbonyl (C=O) groups is 1. The normalized spacial score (nSPS) is 16.2. The predicted octanol–water partition coefficient (Wildman–Crippen LogP) is 2.60. The molecule has 0 radical (unpaired) electrons. The first-order valence-corrected chi connectivity index (χ1v) is 10.9. The fourth-order valence-electron chi connectivity index (χ4n) is 4.36. The van der Waals surface area contributed by atoms with E-state index in [9.17, 15) is 4.79 Å². The van der Waals surface area contributed by atoms with E-state index in [2.05, 4.69) is 44.4 Å². The molecule has 172 valence electrons.